The van der Waals surface area contributed by atoms with E-state index in [1.807, 2.05) is 6.92 Å². The van der Waals surface area contributed by atoms with Crippen LogP contribution in [0.3, 0.4) is 0 Å². The highest BCUT2D eigenvalue weighted by molar-refractivity contribution is 6.30. The molecule has 0 aliphatic heterocycles. The van der Waals surface area contributed by atoms with Crippen LogP contribution in [0.15, 0.2) is 12.3 Å². The number of aromatic nitrogens is 1. The van der Waals surface area contributed by atoms with E-state index in [4.69, 9.17) is 17.3 Å². The molecule has 1 aromatic rings. The van der Waals surface area contributed by atoms with Crippen LogP contribution in [0.5, 0.6) is 0 Å². The van der Waals surface area contributed by atoms with Crippen LogP contribution in [-0.2, 0) is 0 Å². The molecule has 1 aliphatic rings. The Balaban J connectivity index is 0.00000144. The van der Waals surface area contributed by atoms with E-state index in [9.17, 15) is 4.79 Å². The Morgan fingerprint density at radius 2 is 2.35 bits per heavy atom. The molecule has 1 saturated carbocycles. The van der Waals surface area contributed by atoms with E-state index in [-0.39, 0.29) is 23.9 Å². The molecule has 1 amide bonds. The lowest BCUT2D eigenvalue weighted by molar-refractivity contribution is 0.0893. The van der Waals surface area contributed by atoms with Crippen LogP contribution < -0.4 is 11.1 Å². The molecule has 6 heteroatoms. The zero-order chi connectivity index (χ0) is 11.8. The molecule has 1 fully saturated rings. The highest BCUT2D eigenvalue weighted by Crippen LogP contribution is 2.39. The molecule has 0 spiro atoms. The number of H-pyrrole nitrogens is 1. The van der Waals surface area contributed by atoms with Gasteiger partial charge in [-0.2, -0.15) is 0 Å². The van der Waals surface area contributed by atoms with Crippen molar-refractivity contribution in [1.29, 1.82) is 0 Å². The average Bonchev–Trinajstić information content (AvgIpc) is 3.02. The number of carbonyl (C=O) groups excluding carboxylic acids is 1. The normalized spacial score (nSPS) is 18.1. The molecule has 4 N–H and O–H groups in total. The molecule has 4 nitrogen and oxygen atoms in total. The van der Waals surface area contributed by atoms with Crippen molar-refractivity contribution in [2.24, 2.45) is 11.7 Å². The molecule has 17 heavy (non-hydrogen) atoms. The van der Waals surface area contributed by atoms with Crippen molar-refractivity contribution < 1.29 is 4.79 Å². The van der Waals surface area contributed by atoms with Gasteiger partial charge in [0.15, 0.2) is 0 Å². The van der Waals surface area contributed by atoms with Gasteiger partial charge in [0.05, 0.1) is 10.6 Å². The van der Waals surface area contributed by atoms with Crippen molar-refractivity contribution in [2.45, 2.75) is 25.3 Å². The van der Waals surface area contributed by atoms with E-state index in [1.54, 1.807) is 12.3 Å². The lowest BCUT2D eigenvalue weighted by atomic mass is 9.96. The topological polar surface area (TPSA) is 70.9 Å². The molecule has 0 saturated heterocycles. The van der Waals surface area contributed by atoms with Gasteiger partial charge in [0, 0.05) is 12.7 Å². The van der Waals surface area contributed by atoms with E-state index in [0.717, 1.165) is 12.8 Å². The zero-order valence-electron chi connectivity index (χ0n) is 9.63. The molecule has 1 aliphatic carbocycles. The standard InChI is InChI=1S/C11H16ClN3O.ClH/c1-11(6-13,7-2-3-7)15-10(16)9-4-8(12)5-14-9;/h4-5,7,14H,2-3,6,13H2,1H3,(H,15,16);1H. The largest absolute Gasteiger partial charge is 0.356 e. The maximum atomic E-state index is 11.9. The summed E-state index contributed by atoms with van der Waals surface area (Å²) in [7, 11) is 0. The first-order chi connectivity index (χ1) is 7.55. The summed E-state index contributed by atoms with van der Waals surface area (Å²) in [5.41, 5.74) is 5.91. The van der Waals surface area contributed by atoms with Gasteiger partial charge in [0.2, 0.25) is 0 Å². The first-order valence-corrected chi connectivity index (χ1v) is 5.79. The maximum Gasteiger partial charge on any atom is 0.268 e. The highest BCUT2D eigenvalue weighted by Gasteiger charge is 2.41. The van der Waals surface area contributed by atoms with Gasteiger partial charge in [-0.15, -0.1) is 12.4 Å². The van der Waals surface area contributed by atoms with Crippen molar-refractivity contribution >= 4 is 29.9 Å². The van der Waals surface area contributed by atoms with E-state index in [1.165, 1.54) is 0 Å². The lowest BCUT2D eigenvalue weighted by Gasteiger charge is -2.29. The summed E-state index contributed by atoms with van der Waals surface area (Å²) in [6, 6.07) is 1.61. The van der Waals surface area contributed by atoms with Crippen LogP contribution in [0, 0.1) is 5.92 Å². The summed E-state index contributed by atoms with van der Waals surface area (Å²) in [4.78, 5) is 14.7. The van der Waals surface area contributed by atoms with E-state index in [0.29, 0.717) is 23.2 Å². The number of halogens is 2. The van der Waals surface area contributed by atoms with Crippen molar-refractivity contribution in [1.82, 2.24) is 10.3 Å². The molecule has 1 heterocycles. The Morgan fingerprint density at radius 3 is 2.76 bits per heavy atom. The molecule has 1 unspecified atom stereocenters. The Kier molecular flexibility index (Phi) is 4.47. The van der Waals surface area contributed by atoms with E-state index >= 15 is 0 Å². The summed E-state index contributed by atoms with van der Waals surface area (Å²) in [5, 5.41) is 3.51. The van der Waals surface area contributed by atoms with Crippen LogP contribution in [-0.4, -0.2) is 23.0 Å². The Hall–Kier alpha value is -0.710. The fourth-order valence-corrected chi connectivity index (χ4v) is 2.03. The monoisotopic (exact) mass is 277 g/mol. The molecule has 0 bridgehead atoms. The van der Waals surface area contributed by atoms with Crippen molar-refractivity contribution in [2.75, 3.05) is 6.54 Å². The minimum atomic E-state index is -0.297. The Morgan fingerprint density at radius 1 is 1.71 bits per heavy atom. The molecule has 1 atom stereocenters. The first-order valence-electron chi connectivity index (χ1n) is 5.41. The van der Waals surface area contributed by atoms with Crippen LogP contribution in [0.25, 0.3) is 0 Å². The number of aromatic amines is 1. The fourth-order valence-electron chi connectivity index (χ4n) is 1.87. The molecular formula is C11H17Cl2N3O. The number of nitrogens with two attached hydrogens (primary N) is 1. The smallest absolute Gasteiger partial charge is 0.268 e. The number of rotatable bonds is 4. The molecule has 96 valence electrons. The summed E-state index contributed by atoms with van der Waals surface area (Å²) < 4.78 is 0. The molecule has 0 aromatic carbocycles. The van der Waals surface area contributed by atoms with E-state index < -0.39 is 0 Å². The third-order valence-corrected chi connectivity index (χ3v) is 3.41. The summed E-state index contributed by atoms with van der Waals surface area (Å²) in [6.45, 7) is 2.45. The van der Waals surface area contributed by atoms with Gasteiger partial charge >= 0.3 is 0 Å². The van der Waals surface area contributed by atoms with Crippen molar-refractivity contribution in [3.8, 4) is 0 Å². The third kappa shape index (κ3) is 3.15. The number of hydrogen-bond donors (Lipinski definition) is 3. The molecule has 1 aromatic heterocycles. The zero-order valence-corrected chi connectivity index (χ0v) is 11.2. The second kappa shape index (κ2) is 5.29. The van der Waals surface area contributed by atoms with Gasteiger partial charge in [-0.05, 0) is 31.7 Å². The summed E-state index contributed by atoms with van der Waals surface area (Å²) in [6.07, 6.45) is 3.87. The predicted octanol–water partition coefficient (Wildman–Crippen LogP) is 1.95. The second-order valence-electron chi connectivity index (χ2n) is 4.58. The van der Waals surface area contributed by atoms with Crippen LogP contribution in [0.2, 0.25) is 5.02 Å². The van der Waals surface area contributed by atoms with Crippen molar-refractivity contribution in [3.05, 3.63) is 23.0 Å². The van der Waals surface area contributed by atoms with Gasteiger partial charge in [-0.1, -0.05) is 11.6 Å². The van der Waals surface area contributed by atoms with Crippen LogP contribution in [0.4, 0.5) is 0 Å². The Bertz CT molecular complexity index is 403. The van der Waals surface area contributed by atoms with Gasteiger partial charge in [-0.25, -0.2) is 0 Å². The third-order valence-electron chi connectivity index (χ3n) is 3.19. The van der Waals surface area contributed by atoms with E-state index in [2.05, 4.69) is 10.3 Å². The minimum Gasteiger partial charge on any atom is -0.356 e. The molecular weight excluding hydrogens is 261 g/mol. The van der Waals surface area contributed by atoms with Gasteiger partial charge < -0.3 is 16.0 Å². The summed E-state index contributed by atoms with van der Waals surface area (Å²) >= 11 is 5.75. The quantitative estimate of drug-likeness (QED) is 0.787. The van der Waals surface area contributed by atoms with Crippen molar-refractivity contribution in [3.63, 3.8) is 0 Å². The van der Waals surface area contributed by atoms with Gasteiger partial charge in [-0.3, -0.25) is 4.79 Å². The number of amides is 1. The number of hydrogen-bond acceptors (Lipinski definition) is 2. The number of nitrogens with one attached hydrogen (secondary N) is 2. The minimum absolute atomic E-state index is 0. The Labute approximate surface area is 112 Å². The fraction of sp³-hybridized carbons (Fsp3) is 0.545. The van der Waals surface area contributed by atoms with Gasteiger partial charge in [0.1, 0.15) is 5.69 Å². The van der Waals surface area contributed by atoms with Gasteiger partial charge in [0.25, 0.3) is 5.91 Å². The SMILES string of the molecule is CC(CN)(NC(=O)c1cc(Cl)c[nH]1)C1CC1.Cl. The maximum absolute atomic E-state index is 11.9. The van der Waals surface area contributed by atoms with Crippen LogP contribution in [0.1, 0.15) is 30.3 Å². The second-order valence-corrected chi connectivity index (χ2v) is 5.02. The highest BCUT2D eigenvalue weighted by atomic mass is 35.5. The van der Waals surface area contributed by atoms with Crippen LogP contribution >= 0.6 is 24.0 Å². The molecule has 2 rings (SSSR count). The number of carbonyl (C=O) groups is 1. The average molecular weight is 278 g/mol. The lowest BCUT2D eigenvalue weighted by Crippen LogP contribution is -2.53. The summed E-state index contributed by atoms with van der Waals surface area (Å²) in [5.74, 6) is 0.360. The predicted molar refractivity (Wildman–Crippen MR) is 70.7 cm³/mol. The first kappa shape index (κ1) is 14.4. The molecule has 0 radical (unpaired) electrons.